The van der Waals surface area contributed by atoms with Gasteiger partial charge in [0.15, 0.2) is 15.6 Å². The van der Waals surface area contributed by atoms with Gasteiger partial charge in [0, 0.05) is 5.56 Å². The summed E-state index contributed by atoms with van der Waals surface area (Å²) in [6.45, 7) is 1.49. The third kappa shape index (κ3) is 3.33. The molecule has 0 radical (unpaired) electrons. The Morgan fingerprint density at radius 2 is 1.55 bits per heavy atom. The van der Waals surface area contributed by atoms with Crippen molar-refractivity contribution in [2.45, 2.75) is 18.2 Å². The van der Waals surface area contributed by atoms with Crippen molar-refractivity contribution in [1.82, 2.24) is 0 Å². The first-order chi connectivity index (χ1) is 9.50. The van der Waals surface area contributed by atoms with Gasteiger partial charge in [-0.2, -0.15) is 0 Å². The third-order valence-electron chi connectivity index (χ3n) is 3.14. The van der Waals surface area contributed by atoms with Crippen molar-refractivity contribution >= 4 is 15.6 Å². The molecule has 104 valence electrons. The smallest absolute Gasteiger partial charge is 0.178 e. The molecule has 0 aromatic heterocycles. The highest BCUT2D eigenvalue weighted by Gasteiger charge is 2.15. The zero-order chi connectivity index (χ0) is 14.6. The van der Waals surface area contributed by atoms with Crippen molar-refractivity contribution in [1.29, 1.82) is 0 Å². The summed E-state index contributed by atoms with van der Waals surface area (Å²) < 4.78 is 24.4. The zero-order valence-corrected chi connectivity index (χ0v) is 12.1. The normalized spacial score (nSPS) is 11.2. The molecule has 0 fully saturated rings. The maximum Gasteiger partial charge on any atom is 0.178 e. The monoisotopic (exact) mass is 288 g/mol. The number of ketones is 1. The highest BCUT2D eigenvalue weighted by molar-refractivity contribution is 7.91. The van der Waals surface area contributed by atoms with Crippen LogP contribution in [0.4, 0.5) is 0 Å². The number of hydrogen-bond acceptors (Lipinski definition) is 3. The van der Waals surface area contributed by atoms with E-state index in [1.54, 1.807) is 48.5 Å². The first-order valence-electron chi connectivity index (χ1n) is 6.37. The lowest BCUT2D eigenvalue weighted by Crippen LogP contribution is -2.11. The minimum atomic E-state index is -3.31. The van der Waals surface area contributed by atoms with Crippen molar-refractivity contribution in [2.24, 2.45) is 0 Å². The number of benzene rings is 2. The SMILES string of the molecule is CC(=O)c1ccccc1CCS(=O)(=O)c1ccccc1. The van der Waals surface area contributed by atoms with Gasteiger partial charge in [0.2, 0.25) is 0 Å². The van der Waals surface area contributed by atoms with Crippen molar-refractivity contribution in [3.8, 4) is 0 Å². The van der Waals surface area contributed by atoms with Crippen LogP contribution < -0.4 is 0 Å². The van der Waals surface area contributed by atoms with E-state index in [-0.39, 0.29) is 11.5 Å². The van der Waals surface area contributed by atoms with Crippen LogP contribution in [0.15, 0.2) is 59.5 Å². The van der Waals surface area contributed by atoms with E-state index in [1.807, 2.05) is 6.07 Å². The highest BCUT2D eigenvalue weighted by Crippen LogP contribution is 2.15. The number of carbonyl (C=O) groups is 1. The lowest BCUT2D eigenvalue weighted by atomic mass is 10.0. The summed E-state index contributed by atoms with van der Waals surface area (Å²) in [5, 5.41) is 0. The molecule has 20 heavy (non-hydrogen) atoms. The number of hydrogen-bond donors (Lipinski definition) is 0. The maximum atomic E-state index is 12.2. The second-order valence-electron chi connectivity index (χ2n) is 4.60. The van der Waals surface area contributed by atoms with Gasteiger partial charge in [0.1, 0.15) is 0 Å². The van der Waals surface area contributed by atoms with Crippen LogP contribution in [0.2, 0.25) is 0 Å². The Morgan fingerprint density at radius 1 is 0.950 bits per heavy atom. The lowest BCUT2D eigenvalue weighted by molar-refractivity contribution is 0.101. The summed E-state index contributed by atoms with van der Waals surface area (Å²) in [4.78, 5) is 11.8. The Labute approximate surface area is 119 Å². The maximum absolute atomic E-state index is 12.2. The second-order valence-corrected chi connectivity index (χ2v) is 6.70. The molecule has 2 aromatic rings. The molecule has 0 bridgehead atoms. The summed E-state index contributed by atoms with van der Waals surface area (Å²) in [7, 11) is -3.31. The van der Waals surface area contributed by atoms with Gasteiger partial charge in [0.25, 0.3) is 0 Å². The molecule has 0 aliphatic rings. The predicted molar refractivity (Wildman–Crippen MR) is 78.6 cm³/mol. The summed E-state index contributed by atoms with van der Waals surface area (Å²) in [5.41, 5.74) is 1.37. The first kappa shape index (κ1) is 14.5. The number of sulfone groups is 1. The minimum absolute atomic E-state index is 0.00130. The van der Waals surface area contributed by atoms with E-state index in [0.717, 1.165) is 5.56 Å². The van der Waals surface area contributed by atoms with Crippen molar-refractivity contribution in [3.05, 3.63) is 65.7 Å². The fourth-order valence-corrected chi connectivity index (χ4v) is 3.37. The van der Waals surface area contributed by atoms with E-state index < -0.39 is 9.84 Å². The van der Waals surface area contributed by atoms with Crippen molar-refractivity contribution in [3.63, 3.8) is 0 Å². The molecule has 0 saturated heterocycles. The zero-order valence-electron chi connectivity index (χ0n) is 11.2. The number of rotatable bonds is 5. The fraction of sp³-hybridized carbons (Fsp3) is 0.188. The van der Waals surface area contributed by atoms with Gasteiger partial charge in [-0.3, -0.25) is 4.79 Å². The molecule has 0 unspecified atom stereocenters. The number of carbonyl (C=O) groups excluding carboxylic acids is 1. The Balaban J connectivity index is 2.19. The Kier molecular flexibility index (Phi) is 4.35. The Hall–Kier alpha value is -1.94. The molecule has 3 nitrogen and oxygen atoms in total. The van der Waals surface area contributed by atoms with Crippen molar-refractivity contribution in [2.75, 3.05) is 5.75 Å². The van der Waals surface area contributed by atoms with E-state index in [4.69, 9.17) is 0 Å². The van der Waals surface area contributed by atoms with Crippen LogP contribution in [0.5, 0.6) is 0 Å². The minimum Gasteiger partial charge on any atom is -0.295 e. The molecule has 0 atom stereocenters. The Morgan fingerprint density at radius 3 is 2.20 bits per heavy atom. The van der Waals surface area contributed by atoms with E-state index in [0.29, 0.717) is 16.9 Å². The molecular formula is C16H16O3S. The molecule has 0 heterocycles. The van der Waals surface area contributed by atoms with Gasteiger partial charge in [-0.1, -0.05) is 42.5 Å². The quantitative estimate of drug-likeness (QED) is 0.795. The molecule has 0 aliphatic heterocycles. The average molecular weight is 288 g/mol. The van der Waals surface area contributed by atoms with Crippen LogP contribution in [0.3, 0.4) is 0 Å². The van der Waals surface area contributed by atoms with Crippen LogP contribution in [0.1, 0.15) is 22.8 Å². The van der Waals surface area contributed by atoms with Gasteiger partial charge in [0.05, 0.1) is 10.6 Å². The predicted octanol–water partition coefficient (Wildman–Crippen LogP) is 2.91. The van der Waals surface area contributed by atoms with Gasteiger partial charge in [-0.25, -0.2) is 8.42 Å². The summed E-state index contributed by atoms with van der Waals surface area (Å²) in [5.74, 6) is -0.0425. The number of Topliss-reactive ketones (excluding diaryl/α,β-unsaturated/α-hetero) is 1. The molecule has 4 heteroatoms. The van der Waals surface area contributed by atoms with Crippen LogP contribution in [-0.2, 0) is 16.3 Å². The van der Waals surface area contributed by atoms with Crippen LogP contribution in [0, 0.1) is 0 Å². The molecule has 2 rings (SSSR count). The van der Waals surface area contributed by atoms with Crippen LogP contribution in [-0.4, -0.2) is 20.0 Å². The molecule has 0 N–H and O–H groups in total. The molecule has 0 aliphatic carbocycles. The van der Waals surface area contributed by atoms with E-state index in [2.05, 4.69) is 0 Å². The van der Waals surface area contributed by atoms with Crippen molar-refractivity contribution < 1.29 is 13.2 Å². The molecule has 0 spiro atoms. The van der Waals surface area contributed by atoms with E-state index >= 15 is 0 Å². The summed E-state index contributed by atoms with van der Waals surface area (Å²) in [6.07, 6.45) is 0.340. The largest absolute Gasteiger partial charge is 0.295 e. The van der Waals surface area contributed by atoms with Gasteiger partial charge >= 0.3 is 0 Å². The van der Waals surface area contributed by atoms with Gasteiger partial charge < -0.3 is 0 Å². The third-order valence-corrected chi connectivity index (χ3v) is 4.87. The standard InChI is InChI=1S/C16H16O3S/c1-13(17)16-10-6-5-7-14(16)11-12-20(18,19)15-8-3-2-4-9-15/h2-10H,11-12H2,1H3. The topological polar surface area (TPSA) is 51.2 Å². The van der Waals surface area contributed by atoms with Gasteiger partial charge in [-0.05, 0) is 31.0 Å². The molecular weight excluding hydrogens is 272 g/mol. The first-order valence-corrected chi connectivity index (χ1v) is 8.02. The van der Waals surface area contributed by atoms with Crippen LogP contribution >= 0.6 is 0 Å². The lowest BCUT2D eigenvalue weighted by Gasteiger charge is -2.07. The summed E-state index contributed by atoms with van der Waals surface area (Å²) in [6, 6.07) is 15.5. The summed E-state index contributed by atoms with van der Waals surface area (Å²) >= 11 is 0. The van der Waals surface area contributed by atoms with Crippen LogP contribution in [0.25, 0.3) is 0 Å². The second kappa shape index (κ2) is 6.01. The molecule has 0 amide bonds. The average Bonchev–Trinajstić information content (AvgIpc) is 2.46. The molecule has 2 aromatic carbocycles. The highest BCUT2D eigenvalue weighted by atomic mass is 32.2. The fourth-order valence-electron chi connectivity index (χ4n) is 2.07. The Bertz CT molecular complexity index is 704. The number of aryl methyl sites for hydroxylation is 1. The molecule has 0 saturated carbocycles. The van der Waals surface area contributed by atoms with E-state index in [9.17, 15) is 13.2 Å². The van der Waals surface area contributed by atoms with E-state index in [1.165, 1.54) is 6.92 Å². The van der Waals surface area contributed by atoms with Gasteiger partial charge in [-0.15, -0.1) is 0 Å².